The predicted octanol–water partition coefficient (Wildman–Crippen LogP) is 1.84. The highest BCUT2D eigenvalue weighted by molar-refractivity contribution is 6.10. The van der Waals surface area contributed by atoms with Gasteiger partial charge in [0.1, 0.15) is 6.61 Å². The van der Waals surface area contributed by atoms with Crippen LogP contribution in [0.15, 0.2) is 18.2 Å². The van der Waals surface area contributed by atoms with Gasteiger partial charge in [-0.25, -0.2) is 0 Å². The van der Waals surface area contributed by atoms with Crippen molar-refractivity contribution in [1.29, 1.82) is 0 Å². The molecule has 3 amide bonds. The average Bonchev–Trinajstić information content (AvgIpc) is 2.59. The normalized spacial score (nSPS) is 16.4. The molecule has 1 aliphatic rings. The summed E-state index contributed by atoms with van der Waals surface area (Å²) in [5, 5.41) is 2.18. The number of carbonyl (C=O) groups is 3. The van der Waals surface area contributed by atoms with Crippen LogP contribution in [-0.2, 0) is 25.3 Å². The zero-order chi connectivity index (χ0) is 23.6. The number of ether oxygens (including phenoxy) is 1. The average molecular weight is 444 g/mol. The van der Waals surface area contributed by atoms with Gasteiger partial charge in [-0.15, -0.1) is 0 Å². The molecule has 0 spiro atoms. The van der Waals surface area contributed by atoms with Crippen LogP contribution < -0.4 is 16.0 Å². The molecule has 1 atom stereocenters. The molecule has 1 aromatic carbocycles. The molecule has 2 rings (SSSR count). The largest absolute Gasteiger partial charge is 0.418 e. The molecule has 11 heteroatoms. The lowest BCUT2D eigenvalue weighted by Crippen LogP contribution is -2.52. The van der Waals surface area contributed by atoms with Crippen LogP contribution in [0.1, 0.15) is 26.3 Å². The van der Waals surface area contributed by atoms with Gasteiger partial charge in [0, 0.05) is 18.8 Å². The fourth-order valence-electron chi connectivity index (χ4n) is 3.42. The molecule has 0 unspecified atom stereocenters. The van der Waals surface area contributed by atoms with Crippen LogP contribution in [0.5, 0.6) is 0 Å². The summed E-state index contributed by atoms with van der Waals surface area (Å²) in [7, 11) is 1.50. The summed E-state index contributed by atoms with van der Waals surface area (Å²) in [5.74, 6) is -2.41. The molecule has 3 N–H and O–H groups in total. The molecule has 1 fully saturated rings. The van der Waals surface area contributed by atoms with E-state index >= 15 is 0 Å². The van der Waals surface area contributed by atoms with Gasteiger partial charge >= 0.3 is 6.18 Å². The molecule has 31 heavy (non-hydrogen) atoms. The van der Waals surface area contributed by atoms with Gasteiger partial charge in [0.2, 0.25) is 5.91 Å². The van der Waals surface area contributed by atoms with Crippen molar-refractivity contribution in [1.82, 2.24) is 4.90 Å². The number of hydrogen-bond acceptors (Lipinski definition) is 5. The Morgan fingerprint density at radius 3 is 2.45 bits per heavy atom. The fraction of sp³-hybridized carbons (Fsp3) is 0.550. The molecule has 1 saturated heterocycles. The summed E-state index contributed by atoms with van der Waals surface area (Å²) < 4.78 is 46.1. The van der Waals surface area contributed by atoms with Gasteiger partial charge in [-0.05, 0) is 30.7 Å². The zero-order valence-electron chi connectivity index (χ0n) is 17.9. The maximum absolute atomic E-state index is 13.7. The Labute approximate surface area is 178 Å². The number of likely N-dealkylation sites (N-methyl/N-ethyl adjacent to an activating group) is 1. The van der Waals surface area contributed by atoms with Crippen LogP contribution in [0, 0.1) is 5.41 Å². The Morgan fingerprint density at radius 2 is 1.94 bits per heavy atom. The van der Waals surface area contributed by atoms with Gasteiger partial charge in [-0.1, -0.05) is 20.8 Å². The first-order valence-electron chi connectivity index (χ1n) is 9.60. The van der Waals surface area contributed by atoms with Crippen molar-refractivity contribution in [3.05, 3.63) is 23.8 Å². The molecule has 8 nitrogen and oxygen atoms in total. The highest BCUT2D eigenvalue weighted by atomic mass is 19.4. The standard InChI is InChI=1S/C20H27F3N4O4/c1-19(2,3)11-26(4)16(17(24)29)18(30)25-14-6-5-12(9-13(14)20(21,22)23)27-7-8-31-10-15(27)28/h5-6,9,16H,7-8,10-11H2,1-4H3,(H2,24,29)(H,25,30)/t16-/m0/s1. The highest BCUT2D eigenvalue weighted by Gasteiger charge is 2.37. The number of morpholine rings is 1. The number of alkyl halides is 3. The van der Waals surface area contributed by atoms with E-state index in [1.54, 1.807) is 0 Å². The summed E-state index contributed by atoms with van der Waals surface area (Å²) in [6.45, 7) is 6.04. The van der Waals surface area contributed by atoms with E-state index in [1.165, 1.54) is 22.9 Å². The molecular weight excluding hydrogens is 417 g/mol. The quantitative estimate of drug-likeness (QED) is 0.652. The van der Waals surface area contributed by atoms with E-state index in [9.17, 15) is 27.6 Å². The SMILES string of the molecule is CN(CC(C)(C)C)[C@@H](C(N)=O)C(=O)Nc1ccc(N2CCOCC2=O)cc1C(F)(F)F. The van der Waals surface area contributed by atoms with Gasteiger partial charge < -0.3 is 20.7 Å². The molecule has 0 aliphatic carbocycles. The number of carbonyl (C=O) groups excluding carboxylic acids is 3. The number of halogens is 3. The maximum atomic E-state index is 13.7. The monoisotopic (exact) mass is 444 g/mol. The van der Waals surface area contributed by atoms with Crippen molar-refractivity contribution in [2.45, 2.75) is 33.0 Å². The van der Waals surface area contributed by atoms with Crippen LogP contribution in [0.2, 0.25) is 0 Å². The van der Waals surface area contributed by atoms with Crippen molar-refractivity contribution in [3.8, 4) is 0 Å². The third-order valence-corrected chi connectivity index (χ3v) is 4.55. The van der Waals surface area contributed by atoms with E-state index in [0.29, 0.717) is 6.54 Å². The second-order valence-electron chi connectivity index (χ2n) is 8.60. The Balaban J connectivity index is 2.35. The van der Waals surface area contributed by atoms with Gasteiger partial charge in [0.25, 0.3) is 11.8 Å². The molecule has 0 saturated carbocycles. The zero-order valence-corrected chi connectivity index (χ0v) is 17.9. The van der Waals surface area contributed by atoms with Gasteiger partial charge in [-0.2, -0.15) is 13.2 Å². The lowest BCUT2D eigenvalue weighted by molar-refractivity contribution is -0.137. The van der Waals surface area contributed by atoms with E-state index in [-0.39, 0.29) is 30.9 Å². The lowest BCUT2D eigenvalue weighted by atomic mass is 9.95. The van der Waals surface area contributed by atoms with Crippen LogP contribution in [0.3, 0.4) is 0 Å². The predicted molar refractivity (Wildman–Crippen MR) is 108 cm³/mol. The number of nitrogens with two attached hydrogens (primary N) is 1. The van der Waals surface area contributed by atoms with E-state index in [4.69, 9.17) is 10.5 Å². The van der Waals surface area contributed by atoms with Crippen molar-refractivity contribution < 1.29 is 32.3 Å². The minimum absolute atomic E-state index is 0.0370. The summed E-state index contributed by atoms with van der Waals surface area (Å²) in [4.78, 5) is 39.1. The number of anilines is 2. The van der Waals surface area contributed by atoms with E-state index < -0.39 is 41.2 Å². The van der Waals surface area contributed by atoms with Gasteiger partial charge in [-0.3, -0.25) is 19.3 Å². The number of benzene rings is 1. The maximum Gasteiger partial charge on any atom is 0.418 e. The van der Waals surface area contributed by atoms with Crippen molar-refractivity contribution >= 4 is 29.1 Å². The first-order chi connectivity index (χ1) is 14.2. The first kappa shape index (κ1) is 24.6. The van der Waals surface area contributed by atoms with Crippen molar-refractivity contribution in [2.75, 3.05) is 43.6 Å². The Hall–Kier alpha value is -2.66. The number of primary amides is 1. The second-order valence-corrected chi connectivity index (χ2v) is 8.60. The highest BCUT2D eigenvalue weighted by Crippen LogP contribution is 2.37. The minimum Gasteiger partial charge on any atom is -0.370 e. The number of nitrogens with zero attached hydrogens (tertiary/aromatic N) is 2. The summed E-state index contributed by atoms with van der Waals surface area (Å²) in [5.41, 5.74) is 3.43. The minimum atomic E-state index is -4.81. The van der Waals surface area contributed by atoms with Gasteiger partial charge in [0.05, 0.1) is 17.9 Å². The lowest BCUT2D eigenvalue weighted by Gasteiger charge is -2.31. The van der Waals surface area contributed by atoms with E-state index in [0.717, 1.165) is 12.1 Å². The van der Waals surface area contributed by atoms with Crippen LogP contribution in [0.25, 0.3) is 0 Å². The van der Waals surface area contributed by atoms with Gasteiger partial charge in [0.15, 0.2) is 6.04 Å². The number of hydrogen-bond donors (Lipinski definition) is 2. The molecule has 1 heterocycles. The molecular formula is C20H27F3N4O4. The third kappa shape index (κ3) is 6.41. The molecule has 1 aliphatic heterocycles. The summed E-state index contributed by atoms with van der Waals surface area (Å²) in [6.07, 6.45) is -4.81. The number of rotatable bonds is 6. The summed E-state index contributed by atoms with van der Waals surface area (Å²) >= 11 is 0. The van der Waals surface area contributed by atoms with Crippen molar-refractivity contribution in [3.63, 3.8) is 0 Å². The number of nitrogens with one attached hydrogen (secondary N) is 1. The second kappa shape index (κ2) is 9.23. The molecule has 0 bridgehead atoms. The van der Waals surface area contributed by atoms with Crippen LogP contribution in [-0.4, -0.2) is 62.0 Å². The molecule has 0 radical (unpaired) electrons. The Morgan fingerprint density at radius 1 is 1.29 bits per heavy atom. The van der Waals surface area contributed by atoms with Crippen LogP contribution in [0.4, 0.5) is 24.5 Å². The van der Waals surface area contributed by atoms with E-state index in [2.05, 4.69) is 5.32 Å². The molecule has 1 aromatic rings. The Kier molecular flexibility index (Phi) is 7.32. The third-order valence-electron chi connectivity index (χ3n) is 4.55. The molecule has 0 aromatic heterocycles. The number of amides is 3. The summed E-state index contributed by atoms with van der Waals surface area (Å²) in [6, 6.07) is 1.69. The van der Waals surface area contributed by atoms with E-state index in [1.807, 2.05) is 20.8 Å². The topological polar surface area (TPSA) is 105 Å². The van der Waals surface area contributed by atoms with Crippen molar-refractivity contribution in [2.24, 2.45) is 11.1 Å². The first-order valence-corrected chi connectivity index (χ1v) is 9.60. The molecule has 172 valence electrons. The Bertz CT molecular complexity index is 852. The fourth-order valence-corrected chi connectivity index (χ4v) is 3.42. The smallest absolute Gasteiger partial charge is 0.370 e. The van der Waals surface area contributed by atoms with Crippen LogP contribution >= 0.6 is 0 Å².